The van der Waals surface area contributed by atoms with Crippen LogP contribution in [0.5, 0.6) is 0 Å². The molecule has 0 aliphatic rings. The molecule has 128 valence electrons. The minimum absolute atomic E-state index is 0.255. The molecule has 0 saturated heterocycles. The van der Waals surface area contributed by atoms with Crippen LogP contribution in [0, 0.1) is 5.82 Å². The van der Waals surface area contributed by atoms with Gasteiger partial charge in [0.1, 0.15) is 5.82 Å². The van der Waals surface area contributed by atoms with Crippen LogP contribution in [-0.2, 0) is 6.54 Å². The third-order valence-corrected chi connectivity index (χ3v) is 4.33. The number of anilines is 2. The van der Waals surface area contributed by atoms with Crippen molar-refractivity contribution in [3.8, 4) is 0 Å². The van der Waals surface area contributed by atoms with E-state index in [1.165, 1.54) is 12.1 Å². The molecule has 0 spiro atoms. The monoisotopic (exact) mass is 438 g/mol. The summed E-state index contributed by atoms with van der Waals surface area (Å²) in [6.07, 6.45) is 1.82. The first kappa shape index (κ1) is 17.8. The van der Waals surface area contributed by atoms with Gasteiger partial charge in [-0.2, -0.15) is 5.10 Å². The van der Waals surface area contributed by atoms with Crippen molar-refractivity contribution >= 4 is 56.4 Å². The largest absolute Gasteiger partial charge is 0.331 e. The van der Waals surface area contributed by atoms with Crippen molar-refractivity contribution < 1.29 is 4.39 Å². The predicted molar refractivity (Wildman–Crippen MR) is 107 cm³/mol. The van der Waals surface area contributed by atoms with E-state index in [2.05, 4.69) is 31.7 Å². The van der Waals surface area contributed by atoms with Gasteiger partial charge in [0.2, 0.25) is 0 Å². The van der Waals surface area contributed by atoms with E-state index < -0.39 is 0 Å². The van der Waals surface area contributed by atoms with Crippen LogP contribution in [-0.4, -0.2) is 14.9 Å². The van der Waals surface area contributed by atoms with E-state index >= 15 is 0 Å². The van der Waals surface area contributed by atoms with Crippen LogP contribution in [0.25, 0.3) is 0 Å². The topological polar surface area (TPSA) is 41.9 Å². The fourth-order valence-electron chi connectivity index (χ4n) is 2.15. The second-order valence-electron chi connectivity index (χ2n) is 5.23. The van der Waals surface area contributed by atoms with Crippen molar-refractivity contribution in [1.29, 1.82) is 0 Å². The summed E-state index contributed by atoms with van der Waals surface area (Å²) in [5.74, 6) is 0.349. The van der Waals surface area contributed by atoms with E-state index in [1.807, 2.05) is 18.3 Å². The minimum Gasteiger partial charge on any atom is -0.331 e. The Morgan fingerprint density at radius 3 is 2.64 bits per heavy atom. The van der Waals surface area contributed by atoms with Crippen LogP contribution in [0.2, 0.25) is 5.02 Å². The average molecular weight is 440 g/mol. The van der Waals surface area contributed by atoms with Crippen LogP contribution in [0.1, 0.15) is 5.56 Å². The van der Waals surface area contributed by atoms with Crippen LogP contribution >= 0.6 is 39.7 Å². The maximum atomic E-state index is 12.9. The van der Waals surface area contributed by atoms with Crippen LogP contribution in [0.15, 0.2) is 59.2 Å². The van der Waals surface area contributed by atoms with E-state index in [9.17, 15) is 4.39 Å². The Balaban J connectivity index is 1.60. The Hall–Kier alpha value is -1.96. The molecule has 0 bridgehead atoms. The number of nitrogens with one attached hydrogen (secondary N) is 2. The molecule has 3 aromatic rings. The maximum absolute atomic E-state index is 12.9. The number of hydrogen-bond acceptors (Lipinski definition) is 2. The van der Waals surface area contributed by atoms with Crippen LogP contribution in [0.3, 0.4) is 0 Å². The lowest BCUT2D eigenvalue weighted by atomic mass is 10.2. The van der Waals surface area contributed by atoms with E-state index in [1.54, 1.807) is 28.9 Å². The van der Waals surface area contributed by atoms with Crippen molar-refractivity contribution in [3.05, 3.63) is 75.6 Å². The van der Waals surface area contributed by atoms with Gasteiger partial charge in [0.15, 0.2) is 10.9 Å². The molecular formula is C17H13BrClFN4S. The van der Waals surface area contributed by atoms with Gasteiger partial charge in [-0.15, -0.1) is 0 Å². The SMILES string of the molecule is Fc1ccc(Cn2ccc(NC(=S)Nc3ccc(Br)cc3Cl)n2)cc1. The predicted octanol–water partition coefficient (Wildman–Crippen LogP) is 5.30. The molecule has 25 heavy (non-hydrogen) atoms. The first-order valence-corrected chi connectivity index (χ1v) is 8.88. The fraction of sp³-hybridized carbons (Fsp3) is 0.0588. The molecule has 2 N–H and O–H groups in total. The summed E-state index contributed by atoms with van der Waals surface area (Å²) in [4.78, 5) is 0. The van der Waals surface area contributed by atoms with E-state index in [4.69, 9.17) is 23.8 Å². The highest BCUT2D eigenvalue weighted by Gasteiger charge is 2.06. The first-order valence-electron chi connectivity index (χ1n) is 7.30. The van der Waals surface area contributed by atoms with Crippen LogP contribution < -0.4 is 10.6 Å². The number of halogens is 3. The Morgan fingerprint density at radius 2 is 1.92 bits per heavy atom. The van der Waals surface area contributed by atoms with Gasteiger partial charge in [0.25, 0.3) is 0 Å². The van der Waals surface area contributed by atoms with Gasteiger partial charge in [-0.1, -0.05) is 39.7 Å². The van der Waals surface area contributed by atoms with Gasteiger partial charge in [-0.25, -0.2) is 4.39 Å². The highest BCUT2D eigenvalue weighted by Crippen LogP contribution is 2.25. The standard InChI is InChI=1S/C17H13BrClFN4S/c18-12-3-6-15(14(19)9-12)21-17(25)22-16-7-8-24(23-16)10-11-1-4-13(20)5-2-11/h1-9H,10H2,(H2,21,22,23,25). The normalized spacial score (nSPS) is 10.5. The highest BCUT2D eigenvalue weighted by atomic mass is 79.9. The molecule has 0 amide bonds. The molecule has 8 heteroatoms. The number of thiocarbonyl (C=S) groups is 1. The number of hydrogen-bond donors (Lipinski definition) is 2. The Bertz CT molecular complexity index is 898. The van der Waals surface area contributed by atoms with Crippen molar-refractivity contribution in [3.63, 3.8) is 0 Å². The van der Waals surface area contributed by atoms with Crippen molar-refractivity contribution in [2.45, 2.75) is 6.54 Å². The summed E-state index contributed by atoms with van der Waals surface area (Å²) in [7, 11) is 0. The second kappa shape index (κ2) is 7.95. The van der Waals surface area contributed by atoms with Gasteiger partial charge >= 0.3 is 0 Å². The molecule has 0 unspecified atom stereocenters. The Kier molecular flexibility index (Phi) is 5.67. The molecule has 0 aliphatic heterocycles. The molecule has 3 rings (SSSR count). The summed E-state index contributed by atoms with van der Waals surface area (Å²) in [5.41, 5.74) is 1.66. The highest BCUT2D eigenvalue weighted by molar-refractivity contribution is 9.10. The number of aromatic nitrogens is 2. The van der Waals surface area contributed by atoms with Crippen molar-refractivity contribution in [1.82, 2.24) is 9.78 Å². The zero-order valence-corrected chi connectivity index (χ0v) is 16.0. The summed E-state index contributed by atoms with van der Waals surface area (Å²) < 4.78 is 15.6. The molecule has 4 nitrogen and oxygen atoms in total. The summed E-state index contributed by atoms with van der Waals surface area (Å²) in [5, 5.41) is 11.4. The molecule has 0 saturated carbocycles. The average Bonchev–Trinajstić information content (AvgIpc) is 2.99. The molecule has 2 aromatic carbocycles. The third-order valence-electron chi connectivity index (χ3n) is 3.32. The number of benzene rings is 2. The van der Waals surface area contributed by atoms with Gasteiger partial charge in [-0.05, 0) is 48.1 Å². The quantitative estimate of drug-likeness (QED) is 0.542. The summed E-state index contributed by atoms with van der Waals surface area (Å²) in [6, 6.07) is 13.6. The van der Waals surface area contributed by atoms with E-state index in [0.29, 0.717) is 28.2 Å². The summed E-state index contributed by atoms with van der Waals surface area (Å²) in [6.45, 7) is 0.542. The third kappa shape index (κ3) is 5.01. The minimum atomic E-state index is -0.255. The molecule has 1 heterocycles. The lowest BCUT2D eigenvalue weighted by Gasteiger charge is -2.10. The van der Waals surface area contributed by atoms with Gasteiger partial charge in [0, 0.05) is 16.7 Å². The molecular weight excluding hydrogens is 427 g/mol. The van der Waals surface area contributed by atoms with Gasteiger partial charge in [-0.3, -0.25) is 4.68 Å². The van der Waals surface area contributed by atoms with Crippen LogP contribution in [0.4, 0.5) is 15.9 Å². The maximum Gasteiger partial charge on any atom is 0.176 e. The Labute approximate surface area is 163 Å². The van der Waals surface area contributed by atoms with E-state index in [0.717, 1.165) is 10.0 Å². The van der Waals surface area contributed by atoms with Crippen molar-refractivity contribution in [2.24, 2.45) is 0 Å². The Morgan fingerprint density at radius 1 is 1.16 bits per heavy atom. The number of rotatable bonds is 4. The zero-order valence-electron chi connectivity index (χ0n) is 12.8. The lowest BCUT2D eigenvalue weighted by molar-refractivity contribution is 0.624. The molecule has 0 atom stereocenters. The molecule has 0 fully saturated rings. The second-order valence-corrected chi connectivity index (χ2v) is 6.96. The van der Waals surface area contributed by atoms with E-state index in [-0.39, 0.29) is 5.82 Å². The zero-order chi connectivity index (χ0) is 17.8. The smallest absolute Gasteiger partial charge is 0.176 e. The lowest BCUT2D eigenvalue weighted by Crippen LogP contribution is -2.19. The molecule has 0 radical (unpaired) electrons. The first-order chi connectivity index (χ1) is 12.0. The molecule has 1 aromatic heterocycles. The molecule has 0 aliphatic carbocycles. The number of nitrogens with zero attached hydrogens (tertiary/aromatic N) is 2. The fourth-order valence-corrected chi connectivity index (χ4v) is 3.09. The van der Waals surface area contributed by atoms with Gasteiger partial charge < -0.3 is 10.6 Å². The van der Waals surface area contributed by atoms with Crippen molar-refractivity contribution in [2.75, 3.05) is 10.6 Å². The van der Waals surface area contributed by atoms with Gasteiger partial charge in [0.05, 0.1) is 17.3 Å². The summed E-state index contributed by atoms with van der Waals surface area (Å²) >= 11 is 14.8.